The van der Waals surface area contributed by atoms with Crippen molar-refractivity contribution in [3.05, 3.63) is 59.8 Å². The summed E-state index contributed by atoms with van der Waals surface area (Å²) in [5.41, 5.74) is 0.835. The Kier molecular flexibility index (Phi) is 11.7. The van der Waals surface area contributed by atoms with Crippen molar-refractivity contribution in [1.82, 2.24) is 10.6 Å². The maximum absolute atomic E-state index is 13.3. The fourth-order valence-electron chi connectivity index (χ4n) is 2.26. The molecule has 7 heteroatoms. The first-order valence-electron chi connectivity index (χ1n) is 8.64. The summed E-state index contributed by atoms with van der Waals surface area (Å²) in [4.78, 5) is 4.53. The van der Waals surface area contributed by atoms with E-state index in [9.17, 15) is 4.39 Å². The van der Waals surface area contributed by atoms with Crippen LogP contribution in [-0.4, -0.2) is 32.3 Å². The van der Waals surface area contributed by atoms with Gasteiger partial charge in [0.1, 0.15) is 11.6 Å². The Balaban J connectivity index is 0.00000338. The summed E-state index contributed by atoms with van der Waals surface area (Å²) in [5, 5.41) is 6.56. The van der Waals surface area contributed by atoms with Crippen LogP contribution < -0.4 is 10.6 Å². The summed E-state index contributed by atoms with van der Waals surface area (Å²) in [7, 11) is 0. The van der Waals surface area contributed by atoms with Crippen LogP contribution in [0.1, 0.15) is 24.7 Å². The lowest BCUT2D eigenvalue weighted by molar-refractivity contribution is 0.145. The van der Waals surface area contributed by atoms with Gasteiger partial charge in [0.05, 0.1) is 12.8 Å². The minimum Gasteiger partial charge on any atom is -0.469 e. The minimum atomic E-state index is -0.246. The standard InChI is InChI=1S/C19H26FN3O2.HI/c1-2-24-12-5-10-21-19(22-11-9-18-8-4-13-25-18)23-15-16-6-3-7-17(20)14-16;/h3-4,6-8,13-14H,2,5,9-12,15H2,1H3,(H2,21,22,23);1H. The van der Waals surface area contributed by atoms with E-state index in [1.807, 2.05) is 25.1 Å². The molecule has 2 N–H and O–H groups in total. The summed E-state index contributed by atoms with van der Waals surface area (Å²) >= 11 is 0. The average Bonchev–Trinajstić information content (AvgIpc) is 3.12. The van der Waals surface area contributed by atoms with Gasteiger partial charge in [0.25, 0.3) is 0 Å². The predicted molar refractivity (Wildman–Crippen MR) is 112 cm³/mol. The molecule has 0 aliphatic heterocycles. The molecule has 0 saturated heterocycles. The van der Waals surface area contributed by atoms with E-state index in [-0.39, 0.29) is 29.8 Å². The second kappa shape index (κ2) is 13.6. The maximum Gasteiger partial charge on any atom is 0.191 e. The summed E-state index contributed by atoms with van der Waals surface area (Å²) in [6.07, 6.45) is 3.33. The van der Waals surface area contributed by atoms with Gasteiger partial charge in [0, 0.05) is 32.7 Å². The Bertz CT molecular complexity index is 635. The Morgan fingerprint density at radius 1 is 1.19 bits per heavy atom. The van der Waals surface area contributed by atoms with Gasteiger partial charge >= 0.3 is 0 Å². The smallest absolute Gasteiger partial charge is 0.191 e. The molecule has 2 aromatic rings. The van der Waals surface area contributed by atoms with E-state index >= 15 is 0 Å². The third-order valence-electron chi connectivity index (χ3n) is 3.51. The van der Waals surface area contributed by atoms with Crippen LogP contribution in [0.2, 0.25) is 0 Å². The maximum atomic E-state index is 13.3. The van der Waals surface area contributed by atoms with Gasteiger partial charge in [-0.1, -0.05) is 12.1 Å². The number of halogens is 2. The minimum absolute atomic E-state index is 0. The molecule has 5 nitrogen and oxygen atoms in total. The zero-order chi connectivity index (χ0) is 17.7. The van der Waals surface area contributed by atoms with Crippen LogP contribution in [0.4, 0.5) is 4.39 Å². The number of hydrogen-bond acceptors (Lipinski definition) is 3. The third kappa shape index (κ3) is 9.19. The number of aliphatic imine (C=N–C) groups is 1. The molecule has 0 bridgehead atoms. The molecule has 0 atom stereocenters. The zero-order valence-corrected chi connectivity index (χ0v) is 17.4. The summed E-state index contributed by atoms with van der Waals surface area (Å²) in [6.45, 7) is 5.30. The quantitative estimate of drug-likeness (QED) is 0.238. The number of guanidine groups is 1. The van der Waals surface area contributed by atoms with Crippen LogP contribution in [0.25, 0.3) is 0 Å². The first-order valence-corrected chi connectivity index (χ1v) is 8.64. The normalized spacial score (nSPS) is 11.1. The van der Waals surface area contributed by atoms with Crippen molar-refractivity contribution in [3.63, 3.8) is 0 Å². The van der Waals surface area contributed by atoms with E-state index < -0.39 is 0 Å². The highest BCUT2D eigenvalue weighted by Crippen LogP contribution is 2.04. The lowest BCUT2D eigenvalue weighted by atomic mass is 10.2. The van der Waals surface area contributed by atoms with Gasteiger partial charge in [-0.3, -0.25) is 0 Å². The van der Waals surface area contributed by atoms with E-state index in [4.69, 9.17) is 9.15 Å². The Hall–Kier alpha value is -1.61. The molecule has 0 saturated carbocycles. The highest BCUT2D eigenvalue weighted by Gasteiger charge is 2.01. The lowest BCUT2D eigenvalue weighted by Gasteiger charge is -2.12. The second-order valence-electron chi connectivity index (χ2n) is 5.53. The zero-order valence-electron chi connectivity index (χ0n) is 15.0. The Labute approximate surface area is 171 Å². The lowest BCUT2D eigenvalue weighted by Crippen LogP contribution is -2.39. The fraction of sp³-hybridized carbons (Fsp3) is 0.421. The predicted octanol–water partition coefficient (Wildman–Crippen LogP) is 3.74. The van der Waals surface area contributed by atoms with Crippen molar-refractivity contribution in [1.29, 1.82) is 0 Å². The molecule has 1 aromatic carbocycles. The van der Waals surface area contributed by atoms with Crippen LogP contribution in [0, 0.1) is 5.82 Å². The number of furan rings is 1. The van der Waals surface area contributed by atoms with E-state index in [1.165, 1.54) is 12.1 Å². The topological polar surface area (TPSA) is 58.8 Å². The van der Waals surface area contributed by atoms with Crippen molar-refractivity contribution >= 4 is 29.9 Å². The van der Waals surface area contributed by atoms with Crippen LogP contribution in [-0.2, 0) is 17.7 Å². The van der Waals surface area contributed by atoms with E-state index in [2.05, 4.69) is 15.6 Å². The molecule has 0 aliphatic carbocycles. The molecule has 0 spiro atoms. The number of ether oxygens (including phenoxy) is 1. The molecule has 0 fully saturated rings. The SMILES string of the molecule is CCOCCCNC(=NCc1cccc(F)c1)NCCc1ccco1.I. The molecule has 144 valence electrons. The van der Waals surface area contributed by atoms with E-state index in [0.717, 1.165) is 37.3 Å². The van der Waals surface area contributed by atoms with Crippen molar-refractivity contribution in [3.8, 4) is 0 Å². The highest BCUT2D eigenvalue weighted by atomic mass is 127. The molecule has 0 unspecified atom stereocenters. The van der Waals surface area contributed by atoms with Gasteiger partial charge in [-0.25, -0.2) is 9.38 Å². The largest absolute Gasteiger partial charge is 0.469 e. The molecule has 0 amide bonds. The summed E-state index contributed by atoms with van der Waals surface area (Å²) < 4.78 is 23.9. The van der Waals surface area contributed by atoms with E-state index in [1.54, 1.807) is 12.3 Å². The second-order valence-corrected chi connectivity index (χ2v) is 5.53. The molecule has 0 aliphatic rings. The van der Waals surface area contributed by atoms with Crippen LogP contribution in [0.3, 0.4) is 0 Å². The van der Waals surface area contributed by atoms with Gasteiger partial charge < -0.3 is 19.8 Å². The first kappa shape index (κ1) is 22.4. The van der Waals surface area contributed by atoms with Gasteiger partial charge in [-0.15, -0.1) is 24.0 Å². The van der Waals surface area contributed by atoms with Gasteiger partial charge in [0.15, 0.2) is 5.96 Å². The van der Waals surface area contributed by atoms with Gasteiger partial charge in [-0.05, 0) is 43.2 Å². The molecule has 2 rings (SSSR count). The van der Waals surface area contributed by atoms with Gasteiger partial charge in [-0.2, -0.15) is 0 Å². The molecule has 0 radical (unpaired) electrons. The number of nitrogens with one attached hydrogen (secondary N) is 2. The van der Waals surface area contributed by atoms with Crippen LogP contribution >= 0.6 is 24.0 Å². The van der Waals surface area contributed by atoms with Crippen molar-refractivity contribution in [2.75, 3.05) is 26.3 Å². The molecule has 1 aromatic heterocycles. The highest BCUT2D eigenvalue weighted by molar-refractivity contribution is 14.0. The number of rotatable bonds is 10. The first-order chi connectivity index (χ1) is 12.3. The average molecular weight is 475 g/mol. The molecular weight excluding hydrogens is 448 g/mol. The monoisotopic (exact) mass is 475 g/mol. The van der Waals surface area contributed by atoms with Gasteiger partial charge in [0.2, 0.25) is 0 Å². The molecule has 26 heavy (non-hydrogen) atoms. The number of hydrogen-bond donors (Lipinski definition) is 2. The van der Waals surface area contributed by atoms with Crippen LogP contribution in [0.5, 0.6) is 0 Å². The summed E-state index contributed by atoms with van der Waals surface area (Å²) in [6, 6.07) is 10.3. The fourth-order valence-corrected chi connectivity index (χ4v) is 2.26. The van der Waals surface area contributed by atoms with Crippen molar-refractivity contribution < 1.29 is 13.5 Å². The Morgan fingerprint density at radius 2 is 2.04 bits per heavy atom. The molecular formula is C19H27FIN3O2. The third-order valence-corrected chi connectivity index (χ3v) is 3.51. The summed E-state index contributed by atoms with van der Waals surface area (Å²) in [5.74, 6) is 1.38. The number of benzene rings is 1. The molecule has 1 heterocycles. The Morgan fingerprint density at radius 3 is 2.77 bits per heavy atom. The number of nitrogens with zero attached hydrogens (tertiary/aromatic N) is 1. The van der Waals surface area contributed by atoms with Crippen LogP contribution in [0.15, 0.2) is 52.1 Å². The van der Waals surface area contributed by atoms with E-state index in [0.29, 0.717) is 25.7 Å². The van der Waals surface area contributed by atoms with Crippen molar-refractivity contribution in [2.24, 2.45) is 4.99 Å². The van der Waals surface area contributed by atoms with Crippen molar-refractivity contribution in [2.45, 2.75) is 26.3 Å².